The topological polar surface area (TPSA) is 112 Å². The lowest BCUT2D eigenvalue weighted by Crippen LogP contribution is -2.67. The number of carbonyl (C=O) groups excluding carboxylic acids is 4. The summed E-state index contributed by atoms with van der Waals surface area (Å²) in [5.41, 5.74) is 4.29. The van der Waals surface area contributed by atoms with Gasteiger partial charge in [0.05, 0.1) is 19.7 Å². The molecule has 2 aliphatic heterocycles. The molecule has 0 spiro atoms. The third kappa shape index (κ3) is 5.50. The number of nitrogens with zero attached hydrogens (tertiary/aromatic N) is 3. The highest BCUT2D eigenvalue weighted by atomic mass is 16.6. The summed E-state index contributed by atoms with van der Waals surface area (Å²) < 4.78 is 10.8. The third-order valence-corrected chi connectivity index (χ3v) is 8.48. The van der Waals surface area contributed by atoms with Crippen LogP contribution in [0.4, 0.5) is 4.79 Å². The van der Waals surface area contributed by atoms with Crippen molar-refractivity contribution in [1.29, 1.82) is 0 Å². The summed E-state index contributed by atoms with van der Waals surface area (Å²) in [7, 11) is 1.31. The van der Waals surface area contributed by atoms with Crippen LogP contribution in [0, 0.1) is 0 Å². The molecule has 10 heteroatoms. The number of hydrogen-bond acceptors (Lipinski definition) is 6. The summed E-state index contributed by atoms with van der Waals surface area (Å²) in [6, 6.07) is 24.0. The molecule has 3 amide bonds. The molecule has 0 saturated carbocycles. The van der Waals surface area contributed by atoms with Gasteiger partial charge in [-0.2, -0.15) is 0 Å². The van der Waals surface area contributed by atoms with Crippen LogP contribution in [0.1, 0.15) is 35.3 Å². The van der Waals surface area contributed by atoms with E-state index in [0.29, 0.717) is 0 Å². The van der Waals surface area contributed by atoms with Crippen LogP contribution in [0.3, 0.4) is 0 Å². The maximum absolute atomic E-state index is 14.5. The number of hydrogen-bond donors (Lipinski definition) is 1. The van der Waals surface area contributed by atoms with Gasteiger partial charge in [-0.05, 0) is 22.8 Å². The molecule has 6 rings (SSSR count). The number of piperazine rings is 1. The SMILES string of the molecule is COC(=O)[C@@H]1Cc2c([nH]c3ccccc23)[C@H]2CN(C(C)=O)[C@@H](CN(Cc3ccccc3)C(=O)OCc3ccccc3)C(=O)N21. The highest BCUT2D eigenvalue weighted by Gasteiger charge is 2.51. The lowest BCUT2D eigenvalue weighted by Gasteiger charge is -2.50. The molecule has 0 unspecified atom stereocenters. The van der Waals surface area contributed by atoms with Crippen molar-refractivity contribution in [3.05, 3.63) is 107 Å². The molecule has 44 heavy (non-hydrogen) atoms. The number of benzene rings is 3. The zero-order valence-corrected chi connectivity index (χ0v) is 24.6. The lowest BCUT2D eigenvalue weighted by atomic mass is 9.88. The van der Waals surface area contributed by atoms with Gasteiger partial charge in [-0.1, -0.05) is 78.9 Å². The normalized spacial score (nSPS) is 19.2. The van der Waals surface area contributed by atoms with Crippen LogP contribution < -0.4 is 0 Å². The van der Waals surface area contributed by atoms with E-state index < -0.39 is 36.1 Å². The number of ether oxygens (including phenoxy) is 2. The minimum Gasteiger partial charge on any atom is -0.467 e. The van der Waals surface area contributed by atoms with E-state index in [9.17, 15) is 19.2 Å². The fourth-order valence-corrected chi connectivity index (χ4v) is 6.36. The Morgan fingerprint density at radius 2 is 1.59 bits per heavy atom. The maximum Gasteiger partial charge on any atom is 0.410 e. The largest absolute Gasteiger partial charge is 0.467 e. The predicted molar refractivity (Wildman–Crippen MR) is 162 cm³/mol. The van der Waals surface area contributed by atoms with Crippen molar-refractivity contribution < 1.29 is 28.7 Å². The molecule has 2 aliphatic rings. The summed E-state index contributed by atoms with van der Waals surface area (Å²) in [4.78, 5) is 62.2. The minimum absolute atomic E-state index is 0.0573. The first-order valence-electron chi connectivity index (χ1n) is 14.6. The smallest absolute Gasteiger partial charge is 0.410 e. The highest BCUT2D eigenvalue weighted by molar-refractivity contribution is 5.95. The van der Waals surface area contributed by atoms with Gasteiger partial charge in [0.25, 0.3) is 0 Å². The summed E-state index contributed by atoms with van der Waals surface area (Å²) >= 11 is 0. The Hall–Kier alpha value is -5.12. The fourth-order valence-electron chi connectivity index (χ4n) is 6.36. The number of aromatic amines is 1. The molecule has 1 saturated heterocycles. The number of carbonyl (C=O) groups is 4. The first-order chi connectivity index (χ1) is 21.4. The Labute approximate surface area is 255 Å². The van der Waals surface area contributed by atoms with Gasteiger partial charge in [0.15, 0.2) is 0 Å². The van der Waals surface area contributed by atoms with E-state index in [1.807, 2.05) is 84.9 Å². The van der Waals surface area contributed by atoms with Crippen molar-refractivity contribution in [3.63, 3.8) is 0 Å². The minimum atomic E-state index is -1.03. The number of nitrogens with one attached hydrogen (secondary N) is 1. The van der Waals surface area contributed by atoms with E-state index in [-0.39, 0.29) is 38.6 Å². The molecular weight excluding hydrogens is 560 g/mol. The van der Waals surface area contributed by atoms with E-state index in [1.54, 1.807) is 4.90 Å². The van der Waals surface area contributed by atoms with Crippen molar-refractivity contribution in [3.8, 4) is 0 Å². The molecule has 0 aliphatic carbocycles. The average molecular weight is 595 g/mol. The third-order valence-electron chi connectivity index (χ3n) is 8.48. The maximum atomic E-state index is 14.5. The second-order valence-electron chi connectivity index (χ2n) is 11.2. The lowest BCUT2D eigenvalue weighted by molar-refractivity contribution is -0.167. The van der Waals surface area contributed by atoms with Gasteiger partial charge < -0.3 is 29.2 Å². The van der Waals surface area contributed by atoms with Crippen molar-refractivity contribution in [1.82, 2.24) is 19.7 Å². The van der Waals surface area contributed by atoms with E-state index in [0.717, 1.165) is 33.3 Å². The Morgan fingerprint density at radius 1 is 0.932 bits per heavy atom. The number of methoxy groups -OCH3 is 1. The number of para-hydroxylation sites is 1. The van der Waals surface area contributed by atoms with Gasteiger partial charge in [-0.15, -0.1) is 0 Å². The molecule has 1 aromatic heterocycles. The van der Waals surface area contributed by atoms with E-state index in [2.05, 4.69) is 4.98 Å². The zero-order valence-electron chi connectivity index (χ0n) is 24.6. The summed E-state index contributed by atoms with van der Waals surface area (Å²) in [6.07, 6.45) is -0.342. The van der Waals surface area contributed by atoms with Gasteiger partial charge in [0.2, 0.25) is 11.8 Å². The second kappa shape index (κ2) is 12.2. The monoisotopic (exact) mass is 594 g/mol. The molecule has 4 aromatic rings. The van der Waals surface area contributed by atoms with Crippen LogP contribution in [0.2, 0.25) is 0 Å². The first kappa shape index (κ1) is 29.0. The number of fused-ring (bicyclic) bond motifs is 5. The number of esters is 1. The Morgan fingerprint density at radius 3 is 2.27 bits per heavy atom. The molecule has 1 N–H and O–H groups in total. The van der Waals surface area contributed by atoms with Gasteiger partial charge in [0, 0.05) is 43.0 Å². The van der Waals surface area contributed by atoms with Crippen LogP contribution in [-0.2, 0) is 43.4 Å². The van der Waals surface area contributed by atoms with Gasteiger partial charge in [0.1, 0.15) is 18.7 Å². The quantitative estimate of drug-likeness (QED) is 0.321. The van der Waals surface area contributed by atoms with Crippen LogP contribution in [0.15, 0.2) is 84.9 Å². The molecule has 1 fully saturated rings. The standard InChI is InChI=1S/C34H34N4O6/c1-22(39)37-20-29-31-26(25-15-9-10-16-27(25)35-31)17-28(33(41)43-2)38(29)32(40)30(37)19-36(18-23-11-5-3-6-12-23)34(42)44-21-24-13-7-4-8-14-24/h3-16,28-30,35H,17-21H2,1-2H3/t28-,29+,30-/m0/s1. The highest BCUT2D eigenvalue weighted by Crippen LogP contribution is 2.41. The van der Waals surface area contributed by atoms with Crippen molar-refractivity contribution in [2.24, 2.45) is 0 Å². The number of H-pyrrole nitrogens is 1. The van der Waals surface area contributed by atoms with Gasteiger partial charge >= 0.3 is 12.1 Å². The summed E-state index contributed by atoms with van der Waals surface area (Å²) in [5.74, 6) is -1.26. The van der Waals surface area contributed by atoms with Gasteiger partial charge in [-0.25, -0.2) is 9.59 Å². The van der Waals surface area contributed by atoms with Crippen LogP contribution in [0.5, 0.6) is 0 Å². The molecule has 3 aromatic carbocycles. The molecule has 0 bridgehead atoms. The van der Waals surface area contributed by atoms with E-state index >= 15 is 0 Å². The van der Waals surface area contributed by atoms with Crippen molar-refractivity contribution >= 4 is 34.8 Å². The molecule has 10 nitrogen and oxygen atoms in total. The number of aromatic nitrogens is 1. The summed E-state index contributed by atoms with van der Waals surface area (Å²) in [6.45, 7) is 1.68. The van der Waals surface area contributed by atoms with Crippen molar-refractivity contribution in [2.45, 2.75) is 44.6 Å². The van der Waals surface area contributed by atoms with Crippen LogP contribution >= 0.6 is 0 Å². The molecule has 0 radical (unpaired) electrons. The molecule has 3 atom stereocenters. The van der Waals surface area contributed by atoms with Gasteiger partial charge in [-0.3, -0.25) is 9.59 Å². The number of rotatable bonds is 7. The zero-order chi connectivity index (χ0) is 30.8. The fraction of sp³-hybridized carbons (Fsp3) is 0.294. The van der Waals surface area contributed by atoms with Crippen LogP contribution in [0.25, 0.3) is 10.9 Å². The molecule has 3 heterocycles. The molecular formula is C34H34N4O6. The van der Waals surface area contributed by atoms with Crippen LogP contribution in [-0.4, -0.2) is 75.8 Å². The predicted octanol–water partition coefficient (Wildman–Crippen LogP) is 4.21. The Kier molecular flexibility index (Phi) is 8.06. The second-order valence-corrected chi connectivity index (χ2v) is 11.2. The number of amides is 3. The first-order valence-corrected chi connectivity index (χ1v) is 14.6. The Bertz CT molecular complexity index is 1690. The molecule has 226 valence electrons. The Balaban J connectivity index is 1.34. The van der Waals surface area contributed by atoms with E-state index in [1.165, 1.54) is 23.8 Å². The van der Waals surface area contributed by atoms with E-state index in [4.69, 9.17) is 9.47 Å². The summed E-state index contributed by atoms with van der Waals surface area (Å²) in [5, 5.41) is 0.968. The van der Waals surface area contributed by atoms with Crippen molar-refractivity contribution in [2.75, 3.05) is 20.2 Å². The average Bonchev–Trinajstić information content (AvgIpc) is 3.43.